The Morgan fingerprint density at radius 3 is 2.52 bits per heavy atom. The lowest BCUT2D eigenvalue weighted by atomic mass is 10.1. The van der Waals surface area contributed by atoms with Gasteiger partial charge in [0.25, 0.3) is 5.91 Å². The van der Waals surface area contributed by atoms with Gasteiger partial charge in [0.1, 0.15) is 10.7 Å². The molecule has 0 unspecified atom stereocenters. The summed E-state index contributed by atoms with van der Waals surface area (Å²) in [5, 5.41) is 3.09. The zero-order valence-electron chi connectivity index (χ0n) is 16.6. The van der Waals surface area contributed by atoms with Crippen LogP contribution in [0.25, 0.3) is 10.2 Å². The van der Waals surface area contributed by atoms with Gasteiger partial charge in [-0.3, -0.25) is 10.1 Å². The third kappa shape index (κ3) is 4.17. The number of sulfonamides is 1. The molecule has 2 aromatic carbocycles. The highest BCUT2D eigenvalue weighted by Gasteiger charge is 2.26. The molecule has 6 nitrogen and oxygen atoms in total. The molecule has 0 fully saturated rings. The number of fused-ring (bicyclic) bond motifs is 1. The number of aryl methyl sites for hydroxylation is 2. The van der Waals surface area contributed by atoms with Crippen molar-refractivity contribution in [2.45, 2.75) is 32.6 Å². The lowest BCUT2D eigenvalue weighted by molar-refractivity contribution is 0.102. The van der Waals surface area contributed by atoms with E-state index in [1.54, 1.807) is 13.8 Å². The first-order chi connectivity index (χ1) is 13.7. The topological polar surface area (TPSA) is 79.4 Å². The molecule has 0 aliphatic heterocycles. The summed E-state index contributed by atoms with van der Waals surface area (Å²) >= 11 is 1.33. The largest absolute Gasteiger partial charge is 0.298 e. The summed E-state index contributed by atoms with van der Waals surface area (Å²) in [5.41, 5.74) is 2.96. The van der Waals surface area contributed by atoms with E-state index in [0.29, 0.717) is 5.13 Å². The Hall–Kier alpha value is -2.36. The minimum atomic E-state index is -4.03. The average molecular weight is 436 g/mol. The molecule has 1 aromatic heterocycles. The Labute approximate surface area is 173 Å². The zero-order chi connectivity index (χ0) is 21.3. The van der Waals surface area contributed by atoms with Crippen LogP contribution < -0.4 is 5.32 Å². The van der Waals surface area contributed by atoms with Crippen LogP contribution in [-0.4, -0.2) is 36.7 Å². The van der Waals surface area contributed by atoms with Crippen LogP contribution in [0.15, 0.2) is 35.2 Å². The molecule has 154 valence electrons. The van der Waals surface area contributed by atoms with E-state index < -0.39 is 26.6 Å². The number of aromatic nitrogens is 1. The third-order valence-electron chi connectivity index (χ3n) is 4.57. The molecule has 9 heteroatoms. The normalized spacial score (nSPS) is 11.9. The van der Waals surface area contributed by atoms with Gasteiger partial charge in [0.05, 0.1) is 10.2 Å². The molecular formula is C20H22FN3O3S2. The fourth-order valence-electron chi connectivity index (χ4n) is 3.14. The smallest absolute Gasteiger partial charge is 0.257 e. The van der Waals surface area contributed by atoms with Crippen molar-refractivity contribution in [1.29, 1.82) is 0 Å². The predicted molar refractivity (Wildman–Crippen MR) is 114 cm³/mol. The zero-order valence-corrected chi connectivity index (χ0v) is 18.2. The molecule has 0 saturated heterocycles. The number of hydrogen-bond acceptors (Lipinski definition) is 5. The average Bonchev–Trinajstić information content (AvgIpc) is 3.05. The fraction of sp³-hybridized carbons (Fsp3) is 0.300. The molecule has 0 atom stereocenters. The summed E-state index contributed by atoms with van der Waals surface area (Å²) in [6.45, 7) is 7.70. The van der Waals surface area contributed by atoms with E-state index in [1.165, 1.54) is 17.4 Å². The van der Waals surface area contributed by atoms with Crippen LogP contribution in [0.3, 0.4) is 0 Å². The van der Waals surface area contributed by atoms with Gasteiger partial charge in [-0.05, 0) is 49.2 Å². The van der Waals surface area contributed by atoms with Crippen LogP contribution in [0.1, 0.15) is 35.3 Å². The molecule has 1 heterocycles. The number of nitrogens with one attached hydrogen (secondary N) is 1. The first kappa shape index (κ1) is 21.4. The fourth-order valence-corrected chi connectivity index (χ4v) is 5.72. The Morgan fingerprint density at radius 1 is 1.17 bits per heavy atom. The standard InChI is InChI=1S/C20H22FN3O3S2/c1-5-24(6-2)29(26,27)17-11-14(7-8-15(17)21)19(25)23-20-22-18-13(4)9-12(3)10-16(18)28-20/h7-11H,5-6H2,1-4H3,(H,22,23,25). The second kappa shape index (κ2) is 8.17. The van der Waals surface area contributed by atoms with Crippen LogP contribution in [0.5, 0.6) is 0 Å². The number of anilines is 1. The highest BCUT2D eigenvalue weighted by molar-refractivity contribution is 7.89. The maximum absolute atomic E-state index is 14.3. The maximum Gasteiger partial charge on any atom is 0.257 e. The van der Waals surface area contributed by atoms with Crippen molar-refractivity contribution in [3.05, 3.63) is 52.8 Å². The van der Waals surface area contributed by atoms with Crippen molar-refractivity contribution < 1.29 is 17.6 Å². The van der Waals surface area contributed by atoms with Crippen LogP contribution in [0.2, 0.25) is 0 Å². The van der Waals surface area contributed by atoms with Gasteiger partial charge in [-0.15, -0.1) is 0 Å². The molecular weight excluding hydrogens is 413 g/mol. The summed E-state index contributed by atoms with van der Waals surface area (Å²) in [6, 6.07) is 7.33. The highest BCUT2D eigenvalue weighted by Crippen LogP contribution is 2.30. The van der Waals surface area contributed by atoms with Gasteiger partial charge >= 0.3 is 0 Å². The number of carbonyl (C=O) groups is 1. The summed E-state index contributed by atoms with van der Waals surface area (Å²) in [4.78, 5) is 16.6. The minimum absolute atomic E-state index is 0.0456. The van der Waals surface area contributed by atoms with Crippen LogP contribution >= 0.6 is 11.3 Å². The number of carbonyl (C=O) groups excluding carboxylic acids is 1. The van der Waals surface area contributed by atoms with E-state index in [2.05, 4.69) is 10.3 Å². The summed E-state index contributed by atoms with van der Waals surface area (Å²) < 4.78 is 41.7. The number of amides is 1. The molecule has 0 aliphatic carbocycles. The van der Waals surface area contributed by atoms with Crippen molar-refractivity contribution >= 4 is 42.6 Å². The maximum atomic E-state index is 14.3. The molecule has 3 aromatic rings. The van der Waals surface area contributed by atoms with Gasteiger partial charge in [0, 0.05) is 18.7 Å². The van der Waals surface area contributed by atoms with Crippen molar-refractivity contribution in [1.82, 2.24) is 9.29 Å². The van der Waals surface area contributed by atoms with Crippen LogP contribution in [0.4, 0.5) is 9.52 Å². The van der Waals surface area contributed by atoms with Crippen molar-refractivity contribution in [3.8, 4) is 0 Å². The first-order valence-electron chi connectivity index (χ1n) is 9.16. The molecule has 0 aliphatic rings. The third-order valence-corrected chi connectivity index (χ3v) is 7.55. The molecule has 0 radical (unpaired) electrons. The van der Waals surface area contributed by atoms with Gasteiger partial charge in [0.15, 0.2) is 5.13 Å². The Bertz CT molecular complexity index is 1190. The van der Waals surface area contributed by atoms with E-state index in [9.17, 15) is 17.6 Å². The quantitative estimate of drug-likeness (QED) is 0.625. The number of rotatable bonds is 6. The lowest BCUT2D eigenvalue weighted by Gasteiger charge is -2.19. The number of nitrogens with zero attached hydrogens (tertiary/aromatic N) is 2. The SMILES string of the molecule is CCN(CC)S(=O)(=O)c1cc(C(=O)Nc2nc3c(C)cc(C)cc3s2)ccc1F. The van der Waals surface area contributed by atoms with Crippen molar-refractivity contribution in [2.75, 3.05) is 18.4 Å². The van der Waals surface area contributed by atoms with Crippen molar-refractivity contribution in [2.24, 2.45) is 0 Å². The summed E-state index contributed by atoms with van der Waals surface area (Å²) in [5.74, 6) is -1.44. The number of hydrogen-bond donors (Lipinski definition) is 1. The van der Waals surface area contributed by atoms with Gasteiger partial charge < -0.3 is 0 Å². The number of halogens is 1. The molecule has 0 bridgehead atoms. The van der Waals surface area contributed by atoms with Gasteiger partial charge in [0.2, 0.25) is 10.0 Å². The van der Waals surface area contributed by atoms with Crippen LogP contribution in [0, 0.1) is 19.7 Å². The van der Waals surface area contributed by atoms with Gasteiger partial charge in [-0.1, -0.05) is 31.3 Å². The van der Waals surface area contributed by atoms with Crippen LogP contribution in [-0.2, 0) is 10.0 Å². The Kier molecular flexibility index (Phi) is 6.02. The minimum Gasteiger partial charge on any atom is -0.298 e. The molecule has 0 saturated carbocycles. The van der Waals surface area contributed by atoms with E-state index in [0.717, 1.165) is 37.8 Å². The summed E-state index contributed by atoms with van der Waals surface area (Å²) in [7, 11) is -4.03. The molecule has 0 spiro atoms. The second-order valence-corrected chi connectivity index (χ2v) is 9.57. The molecule has 29 heavy (non-hydrogen) atoms. The molecule has 3 rings (SSSR count). The number of benzene rings is 2. The number of thiazole rings is 1. The Balaban J connectivity index is 1.93. The monoisotopic (exact) mass is 435 g/mol. The van der Waals surface area contributed by atoms with E-state index in [-0.39, 0.29) is 18.7 Å². The Morgan fingerprint density at radius 2 is 1.86 bits per heavy atom. The predicted octanol–water partition coefficient (Wildman–Crippen LogP) is 4.34. The van der Waals surface area contributed by atoms with Gasteiger partial charge in [-0.2, -0.15) is 4.31 Å². The summed E-state index contributed by atoms with van der Waals surface area (Å²) in [6.07, 6.45) is 0. The second-order valence-electron chi connectivity index (χ2n) is 6.64. The molecule has 1 N–H and O–H groups in total. The van der Waals surface area contributed by atoms with Gasteiger partial charge in [-0.25, -0.2) is 17.8 Å². The van der Waals surface area contributed by atoms with E-state index >= 15 is 0 Å². The van der Waals surface area contributed by atoms with Crippen molar-refractivity contribution in [3.63, 3.8) is 0 Å². The molecule has 1 amide bonds. The first-order valence-corrected chi connectivity index (χ1v) is 11.4. The van der Waals surface area contributed by atoms with E-state index in [1.807, 2.05) is 26.0 Å². The highest BCUT2D eigenvalue weighted by atomic mass is 32.2. The van der Waals surface area contributed by atoms with E-state index in [4.69, 9.17) is 0 Å². The lowest BCUT2D eigenvalue weighted by Crippen LogP contribution is -2.31.